The molecule has 0 bridgehead atoms. The molecule has 2 amide bonds. The van der Waals surface area contributed by atoms with Crippen LogP contribution < -0.4 is 5.32 Å². The Kier molecular flexibility index (Phi) is 7.65. The summed E-state index contributed by atoms with van der Waals surface area (Å²) >= 11 is 13.1. The molecule has 1 fully saturated rings. The molecule has 0 aromatic heterocycles. The smallest absolute Gasteiger partial charge is 0.337 e. The Bertz CT molecular complexity index is 1070. The number of phenolic OH excluding ortho intramolecular Hbond substituents is 1. The van der Waals surface area contributed by atoms with Gasteiger partial charge in [0.05, 0.1) is 28.4 Å². The summed E-state index contributed by atoms with van der Waals surface area (Å²) < 4.78 is 4.65. The quantitative estimate of drug-likeness (QED) is 0.592. The van der Waals surface area contributed by atoms with Crippen molar-refractivity contribution in [1.29, 1.82) is 0 Å². The minimum absolute atomic E-state index is 0.000689. The van der Waals surface area contributed by atoms with E-state index in [4.69, 9.17) is 23.2 Å². The van der Waals surface area contributed by atoms with Crippen molar-refractivity contribution in [3.63, 3.8) is 0 Å². The maximum absolute atomic E-state index is 12.8. The second kappa shape index (κ2) is 10.2. The molecule has 2 aromatic carbocycles. The number of aromatic hydroxyl groups is 1. The SMILES string of the molecule is CCN1C(=O)CC(C(=O)Nc2ccc(C(=O)OC)cc2)SC1=Nc1cc(Cl)c(O)c(Cl)c1. The lowest BCUT2D eigenvalue weighted by molar-refractivity contribution is -0.129. The first kappa shape index (κ1) is 23.9. The molecule has 1 unspecified atom stereocenters. The summed E-state index contributed by atoms with van der Waals surface area (Å²) in [6.45, 7) is 2.17. The molecular formula is C21H19Cl2N3O5S. The summed E-state index contributed by atoms with van der Waals surface area (Å²) in [5, 5.41) is 12.1. The number of phenols is 1. The number of benzene rings is 2. The maximum atomic E-state index is 12.8. The van der Waals surface area contributed by atoms with E-state index >= 15 is 0 Å². The number of ether oxygens (including phenoxy) is 1. The molecule has 1 atom stereocenters. The van der Waals surface area contributed by atoms with Gasteiger partial charge in [-0.1, -0.05) is 35.0 Å². The first-order chi connectivity index (χ1) is 15.2. The Morgan fingerprint density at radius 2 is 1.88 bits per heavy atom. The standard InChI is InChI=1S/C21H19Cl2N3O5S/c1-3-26-17(27)10-16(19(29)24-12-6-4-11(5-7-12)20(30)31-2)32-21(26)25-13-8-14(22)18(28)15(23)9-13/h4-9,16,28H,3,10H2,1-2H3,(H,24,29). The van der Waals surface area contributed by atoms with E-state index in [1.807, 2.05) is 0 Å². The van der Waals surface area contributed by atoms with Gasteiger partial charge in [-0.25, -0.2) is 9.79 Å². The molecule has 0 spiro atoms. The predicted octanol–water partition coefficient (Wildman–Crippen LogP) is 4.47. The average molecular weight is 496 g/mol. The number of nitrogens with one attached hydrogen (secondary N) is 1. The number of methoxy groups -OCH3 is 1. The predicted molar refractivity (Wildman–Crippen MR) is 125 cm³/mol. The Morgan fingerprint density at radius 3 is 2.44 bits per heavy atom. The highest BCUT2D eigenvalue weighted by atomic mass is 35.5. The molecule has 2 N–H and O–H groups in total. The molecule has 3 rings (SSSR count). The van der Waals surface area contributed by atoms with Crippen LogP contribution in [0.2, 0.25) is 10.0 Å². The van der Waals surface area contributed by atoms with Crippen molar-refractivity contribution < 1.29 is 24.2 Å². The number of thioether (sulfide) groups is 1. The van der Waals surface area contributed by atoms with Gasteiger partial charge in [0.2, 0.25) is 11.8 Å². The van der Waals surface area contributed by atoms with Gasteiger partial charge in [-0.3, -0.25) is 14.5 Å². The van der Waals surface area contributed by atoms with Gasteiger partial charge < -0.3 is 15.2 Å². The van der Waals surface area contributed by atoms with Gasteiger partial charge in [-0.15, -0.1) is 0 Å². The molecule has 8 nitrogen and oxygen atoms in total. The second-order valence-electron chi connectivity index (χ2n) is 6.66. The van der Waals surface area contributed by atoms with Gasteiger partial charge in [0.1, 0.15) is 5.25 Å². The van der Waals surface area contributed by atoms with Gasteiger partial charge in [0.15, 0.2) is 10.9 Å². The van der Waals surface area contributed by atoms with E-state index in [0.29, 0.717) is 28.7 Å². The van der Waals surface area contributed by atoms with E-state index in [2.05, 4.69) is 15.0 Å². The van der Waals surface area contributed by atoms with E-state index in [-0.39, 0.29) is 34.0 Å². The van der Waals surface area contributed by atoms with Gasteiger partial charge in [-0.2, -0.15) is 0 Å². The number of nitrogens with zero attached hydrogens (tertiary/aromatic N) is 2. The number of halogens is 2. The van der Waals surface area contributed by atoms with E-state index in [0.717, 1.165) is 11.8 Å². The molecule has 1 saturated heterocycles. The number of amides is 2. The van der Waals surface area contributed by atoms with Crippen molar-refractivity contribution in [3.8, 4) is 5.75 Å². The van der Waals surface area contributed by atoms with Crippen molar-refractivity contribution in [2.75, 3.05) is 19.0 Å². The van der Waals surface area contributed by atoms with Gasteiger partial charge in [0, 0.05) is 18.7 Å². The topological polar surface area (TPSA) is 108 Å². The van der Waals surface area contributed by atoms with Crippen molar-refractivity contribution >= 4 is 69.3 Å². The first-order valence-corrected chi connectivity index (χ1v) is 11.1. The van der Waals surface area contributed by atoms with Crippen LogP contribution in [0.3, 0.4) is 0 Å². The van der Waals surface area contributed by atoms with Crippen LogP contribution in [0.15, 0.2) is 41.4 Å². The van der Waals surface area contributed by atoms with Gasteiger partial charge in [0.25, 0.3) is 0 Å². The Balaban J connectivity index is 1.80. The van der Waals surface area contributed by atoms with Gasteiger partial charge >= 0.3 is 5.97 Å². The van der Waals surface area contributed by atoms with Crippen LogP contribution in [0.25, 0.3) is 0 Å². The molecule has 11 heteroatoms. The molecular weight excluding hydrogens is 477 g/mol. The molecule has 2 aromatic rings. The minimum atomic E-state index is -0.715. The average Bonchev–Trinajstić information content (AvgIpc) is 2.77. The molecule has 0 aliphatic carbocycles. The number of amidine groups is 1. The lowest BCUT2D eigenvalue weighted by Crippen LogP contribution is -2.45. The van der Waals surface area contributed by atoms with Crippen LogP contribution in [0.1, 0.15) is 23.7 Å². The van der Waals surface area contributed by atoms with Gasteiger partial charge in [-0.05, 0) is 43.3 Å². The van der Waals surface area contributed by atoms with Crippen molar-refractivity contribution in [2.24, 2.45) is 4.99 Å². The highest BCUT2D eigenvalue weighted by Crippen LogP contribution is 2.37. The molecule has 1 heterocycles. The minimum Gasteiger partial charge on any atom is -0.505 e. The van der Waals surface area contributed by atoms with Crippen LogP contribution in [-0.2, 0) is 14.3 Å². The molecule has 168 valence electrons. The molecule has 1 aliphatic heterocycles. The second-order valence-corrected chi connectivity index (χ2v) is 8.64. The highest BCUT2D eigenvalue weighted by molar-refractivity contribution is 8.15. The number of carbonyl (C=O) groups is 3. The Labute approximate surface area is 198 Å². The molecule has 0 radical (unpaired) electrons. The van der Waals surface area contributed by atoms with Crippen LogP contribution in [0.5, 0.6) is 5.75 Å². The number of esters is 1. The lowest BCUT2D eigenvalue weighted by atomic mass is 10.2. The monoisotopic (exact) mass is 495 g/mol. The number of anilines is 1. The fourth-order valence-electron chi connectivity index (χ4n) is 2.91. The summed E-state index contributed by atoms with van der Waals surface area (Å²) in [4.78, 5) is 42.9. The highest BCUT2D eigenvalue weighted by Gasteiger charge is 2.35. The van der Waals surface area contributed by atoms with E-state index in [1.165, 1.54) is 36.3 Å². The van der Waals surface area contributed by atoms with Crippen LogP contribution in [0, 0.1) is 0 Å². The molecule has 32 heavy (non-hydrogen) atoms. The third-order valence-corrected chi connectivity index (χ3v) is 6.31. The number of rotatable bonds is 5. The summed E-state index contributed by atoms with van der Waals surface area (Å²) in [5.41, 5.74) is 1.17. The Morgan fingerprint density at radius 1 is 1.25 bits per heavy atom. The van der Waals surface area contributed by atoms with Crippen LogP contribution >= 0.6 is 35.0 Å². The summed E-state index contributed by atoms with van der Waals surface area (Å²) in [6, 6.07) is 9.05. The number of carbonyl (C=O) groups excluding carboxylic acids is 3. The molecule has 0 saturated carbocycles. The maximum Gasteiger partial charge on any atom is 0.337 e. The normalized spacial score (nSPS) is 17.4. The zero-order chi connectivity index (χ0) is 23.4. The van der Waals surface area contributed by atoms with Crippen molar-refractivity contribution in [2.45, 2.75) is 18.6 Å². The summed E-state index contributed by atoms with van der Waals surface area (Å²) in [7, 11) is 1.29. The zero-order valence-electron chi connectivity index (χ0n) is 17.1. The van der Waals surface area contributed by atoms with Crippen LogP contribution in [-0.4, -0.2) is 51.9 Å². The van der Waals surface area contributed by atoms with E-state index < -0.39 is 11.2 Å². The largest absolute Gasteiger partial charge is 0.505 e. The fraction of sp³-hybridized carbons (Fsp3) is 0.238. The summed E-state index contributed by atoms with van der Waals surface area (Å²) in [5.74, 6) is -1.36. The molecule has 1 aliphatic rings. The third-order valence-electron chi connectivity index (χ3n) is 4.55. The number of hydrogen-bond acceptors (Lipinski definition) is 7. The summed E-state index contributed by atoms with van der Waals surface area (Å²) in [6.07, 6.45) is 0.000689. The van der Waals surface area contributed by atoms with Crippen molar-refractivity contribution in [3.05, 3.63) is 52.0 Å². The van der Waals surface area contributed by atoms with Crippen LogP contribution in [0.4, 0.5) is 11.4 Å². The lowest BCUT2D eigenvalue weighted by Gasteiger charge is -2.31. The van der Waals surface area contributed by atoms with E-state index in [9.17, 15) is 19.5 Å². The van der Waals surface area contributed by atoms with Crippen molar-refractivity contribution in [1.82, 2.24) is 4.90 Å². The Hall–Kier alpha value is -2.75. The number of hydrogen-bond donors (Lipinski definition) is 2. The number of aliphatic imine (C=N–C) groups is 1. The fourth-order valence-corrected chi connectivity index (χ4v) is 4.55. The third kappa shape index (κ3) is 5.35. The zero-order valence-corrected chi connectivity index (χ0v) is 19.4. The van der Waals surface area contributed by atoms with E-state index in [1.54, 1.807) is 19.1 Å². The first-order valence-electron chi connectivity index (χ1n) is 9.46.